The zero-order chi connectivity index (χ0) is 10.6. The van der Waals surface area contributed by atoms with E-state index in [1.165, 1.54) is 38.5 Å². The SMILES string of the molecule is CC.CC1CCC(C)C2CCCCC12. The van der Waals surface area contributed by atoms with Gasteiger partial charge in [-0.2, -0.15) is 0 Å². The van der Waals surface area contributed by atoms with Gasteiger partial charge in [0.25, 0.3) is 0 Å². The zero-order valence-corrected chi connectivity index (χ0v) is 10.6. The summed E-state index contributed by atoms with van der Waals surface area (Å²) in [5, 5.41) is 0. The van der Waals surface area contributed by atoms with Gasteiger partial charge in [0.2, 0.25) is 0 Å². The number of fused-ring (bicyclic) bond motifs is 1. The molecule has 0 amide bonds. The van der Waals surface area contributed by atoms with Gasteiger partial charge in [0.05, 0.1) is 0 Å². The molecule has 0 nitrogen and oxygen atoms in total. The van der Waals surface area contributed by atoms with E-state index in [0.29, 0.717) is 0 Å². The first-order valence-electron chi connectivity index (χ1n) is 6.79. The van der Waals surface area contributed by atoms with Gasteiger partial charge in [-0.3, -0.25) is 0 Å². The van der Waals surface area contributed by atoms with Gasteiger partial charge >= 0.3 is 0 Å². The Kier molecular flexibility index (Phi) is 4.98. The summed E-state index contributed by atoms with van der Waals surface area (Å²) in [7, 11) is 0. The molecule has 0 heteroatoms. The van der Waals surface area contributed by atoms with Crippen molar-refractivity contribution in [3.05, 3.63) is 0 Å². The molecule has 2 aliphatic carbocycles. The Labute approximate surface area is 90.5 Å². The normalized spacial score (nSPS) is 42.0. The standard InChI is InChI=1S/C12H22.C2H6/c1-9-7-8-10(2)12-6-4-3-5-11(9)12;1-2/h9-12H,3-8H2,1-2H3;1-2H3. The third-order valence-corrected chi connectivity index (χ3v) is 4.41. The van der Waals surface area contributed by atoms with E-state index in [4.69, 9.17) is 0 Å². The van der Waals surface area contributed by atoms with Gasteiger partial charge in [-0.1, -0.05) is 53.4 Å². The summed E-state index contributed by atoms with van der Waals surface area (Å²) in [4.78, 5) is 0. The average Bonchev–Trinajstić information content (AvgIpc) is 2.27. The van der Waals surface area contributed by atoms with Crippen molar-refractivity contribution in [2.75, 3.05) is 0 Å². The Balaban J connectivity index is 0.000000461. The second-order valence-electron chi connectivity index (χ2n) is 5.14. The molecule has 0 radical (unpaired) electrons. The first-order chi connectivity index (χ1) is 6.79. The summed E-state index contributed by atoms with van der Waals surface area (Å²) in [6.45, 7) is 8.96. The summed E-state index contributed by atoms with van der Waals surface area (Å²) < 4.78 is 0. The van der Waals surface area contributed by atoms with E-state index in [2.05, 4.69) is 13.8 Å². The van der Waals surface area contributed by atoms with Crippen LogP contribution in [-0.4, -0.2) is 0 Å². The third kappa shape index (κ3) is 2.52. The lowest BCUT2D eigenvalue weighted by molar-refractivity contribution is 0.0672. The van der Waals surface area contributed by atoms with Crippen LogP contribution >= 0.6 is 0 Å². The Morgan fingerprint density at radius 3 is 1.36 bits per heavy atom. The van der Waals surface area contributed by atoms with Crippen LogP contribution in [0.1, 0.15) is 66.2 Å². The molecular weight excluding hydrogens is 168 g/mol. The van der Waals surface area contributed by atoms with E-state index >= 15 is 0 Å². The molecule has 0 spiro atoms. The van der Waals surface area contributed by atoms with Crippen LogP contribution in [0.4, 0.5) is 0 Å². The van der Waals surface area contributed by atoms with E-state index < -0.39 is 0 Å². The van der Waals surface area contributed by atoms with Crippen molar-refractivity contribution in [1.29, 1.82) is 0 Å². The maximum atomic E-state index is 2.48. The molecule has 4 unspecified atom stereocenters. The minimum Gasteiger partial charge on any atom is -0.0683 e. The molecule has 0 aromatic carbocycles. The van der Waals surface area contributed by atoms with Crippen molar-refractivity contribution in [2.45, 2.75) is 66.2 Å². The van der Waals surface area contributed by atoms with Crippen molar-refractivity contribution in [3.8, 4) is 0 Å². The predicted octanol–water partition coefficient (Wildman–Crippen LogP) is 4.89. The average molecular weight is 196 g/mol. The molecule has 14 heavy (non-hydrogen) atoms. The molecule has 2 aliphatic rings. The Morgan fingerprint density at radius 2 is 1.00 bits per heavy atom. The molecular formula is C14H28. The molecule has 0 aromatic rings. The zero-order valence-electron chi connectivity index (χ0n) is 10.6. The maximum absolute atomic E-state index is 2.48. The second kappa shape index (κ2) is 5.78. The van der Waals surface area contributed by atoms with E-state index in [0.717, 1.165) is 23.7 Å². The van der Waals surface area contributed by atoms with E-state index in [9.17, 15) is 0 Å². The van der Waals surface area contributed by atoms with Crippen molar-refractivity contribution in [1.82, 2.24) is 0 Å². The van der Waals surface area contributed by atoms with Crippen molar-refractivity contribution < 1.29 is 0 Å². The van der Waals surface area contributed by atoms with Crippen molar-refractivity contribution >= 4 is 0 Å². The van der Waals surface area contributed by atoms with Gasteiger partial charge in [-0.15, -0.1) is 0 Å². The Hall–Kier alpha value is 0. The van der Waals surface area contributed by atoms with Gasteiger partial charge in [0.1, 0.15) is 0 Å². The fourth-order valence-corrected chi connectivity index (χ4v) is 3.56. The van der Waals surface area contributed by atoms with Gasteiger partial charge in [-0.05, 0) is 36.5 Å². The Morgan fingerprint density at radius 1 is 0.643 bits per heavy atom. The summed E-state index contributed by atoms with van der Waals surface area (Å²) in [5.41, 5.74) is 0. The highest BCUT2D eigenvalue weighted by molar-refractivity contribution is 4.86. The summed E-state index contributed by atoms with van der Waals surface area (Å²) in [6, 6.07) is 0. The molecule has 4 atom stereocenters. The number of hydrogen-bond donors (Lipinski definition) is 0. The molecule has 0 saturated heterocycles. The van der Waals surface area contributed by atoms with Crippen molar-refractivity contribution in [2.24, 2.45) is 23.7 Å². The molecule has 84 valence electrons. The highest BCUT2D eigenvalue weighted by Crippen LogP contribution is 2.46. The highest BCUT2D eigenvalue weighted by atomic mass is 14.4. The van der Waals surface area contributed by atoms with Gasteiger partial charge < -0.3 is 0 Å². The fourth-order valence-electron chi connectivity index (χ4n) is 3.56. The monoisotopic (exact) mass is 196 g/mol. The summed E-state index contributed by atoms with van der Waals surface area (Å²) >= 11 is 0. The molecule has 2 saturated carbocycles. The molecule has 2 rings (SSSR count). The Bertz CT molecular complexity index is 132. The lowest BCUT2D eigenvalue weighted by Crippen LogP contribution is -2.34. The van der Waals surface area contributed by atoms with Gasteiger partial charge in [0, 0.05) is 0 Å². The third-order valence-electron chi connectivity index (χ3n) is 4.41. The molecule has 0 aliphatic heterocycles. The van der Waals surface area contributed by atoms with Crippen LogP contribution in [0.25, 0.3) is 0 Å². The first kappa shape index (κ1) is 12.1. The summed E-state index contributed by atoms with van der Waals surface area (Å²) in [6.07, 6.45) is 9.10. The van der Waals surface area contributed by atoms with Crippen LogP contribution in [0.5, 0.6) is 0 Å². The lowest BCUT2D eigenvalue weighted by atomic mass is 9.62. The number of rotatable bonds is 0. The molecule has 0 N–H and O–H groups in total. The quantitative estimate of drug-likeness (QED) is 0.518. The van der Waals surface area contributed by atoms with Crippen LogP contribution in [0.3, 0.4) is 0 Å². The smallest absolute Gasteiger partial charge is 0.0358 e. The highest BCUT2D eigenvalue weighted by Gasteiger charge is 2.36. The molecule has 2 fully saturated rings. The van der Waals surface area contributed by atoms with Crippen LogP contribution in [0.15, 0.2) is 0 Å². The van der Waals surface area contributed by atoms with Crippen molar-refractivity contribution in [3.63, 3.8) is 0 Å². The van der Waals surface area contributed by atoms with Crippen LogP contribution in [0, 0.1) is 23.7 Å². The molecule has 0 heterocycles. The fraction of sp³-hybridized carbons (Fsp3) is 1.00. The molecule has 0 aromatic heterocycles. The predicted molar refractivity (Wildman–Crippen MR) is 64.4 cm³/mol. The second-order valence-corrected chi connectivity index (χ2v) is 5.14. The first-order valence-corrected chi connectivity index (χ1v) is 6.79. The van der Waals surface area contributed by atoms with Crippen LogP contribution < -0.4 is 0 Å². The largest absolute Gasteiger partial charge is 0.0683 e. The van der Waals surface area contributed by atoms with E-state index in [-0.39, 0.29) is 0 Å². The van der Waals surface area contributed by atoms with Gasteiger partial charge in [0.15, 0.2) is 0 Å². The van der Waals surface area contributed by atoms with Crippen LogP contribution in [-0.2, 0) is 0 Å². The lowest BCUT2D eigenvalue weighted by Gasteiger charge is -2.43. The minimum absolute atomic E-state index is 1.03. The van der Waals surface area contributed by atoms with E-state index in [1.54, 1.807) is 0 Å². The minimum atomic E-state index is 1.03. The number of hydrogen-bond acceptors (Lipinski definition) is 0. The summed E-state index contributed by atoms with van der Waals surface area (Å²) in [5.74, 6) is 4.27. The molecule has 0 bridgehead atoms. The van der Waals surface area contributed by atoms with Crippen LogP contribution in [0.2, 0.25) is 0 Å². The van der Waals surface area contributed by atoms with E-state index in [1.807, 2.05) is 13.8 Å². The maximum Gasteiger partial charge on any atom is -0.0358 e. The topological polar surface area (TPSA) is 0 Å². The van der Waals surface area contributed by atoms with Gasteiger partial charge in [-0.25, -0.2) is 0 Å².